The summed E-state index contributed by atoms with van der Waals surface area (Å²) in [5.41, 5.74) is 2.33. The second-order valence-electron chi connectivity index (χ2n) is 8.68. The lowest BCUT2D eigenvalue weighted by Gasteiger charge is -2.37. The second-order valence-corrected chi connectivity index (χ2v) is 8.68. The summed E-state index contributed by atoms with van der Waals surface area (Å²) in [7, 11) is 0. The topological polar surface area (TPSA) is 91.3 Å². The van der Waals surface area contributed by atoms with Gasteiger partial charge in [-0.25, -0.2) is 4.79 Å². The van der Waals surface area contributed by atoms with E-state index in [9.17, 15) is 14.4 Å². The van der Waals surface area contributed by atoms with Crippen LogP contribution in [0, 0.1) is 5.92 Å². The Balaban J connectivity index is 1.17. The number of nitrogens with zero attached hydrogens (tertiary/aromatic N) is 4. The Labute approximate surface area is 185 Å². The van der Waals surface area contributed by atoms with Gasteiger partial charge in [-0.2, -0.15) is 0 Å². The van der Waals surface area contributed by atoms with Crippen molar-refractivity contribution in [3.8, 4) is 0 Å². The van der Waals surface area contributed by atoms with Crippen molar-refractivity contribution >= 4 is 22.8 Å². The number of para-hydroxylation sites is 2. The van der Waals surface area contributed by atoms with Gasteiger partial charge in [0.25, 0.3) is 5.91 Å². The van der Waals surface area contributed by atoms with Gasteiger partial charge in [0.2, 0.25) is 5.91 Å². The Bertz CT molecular complexity index is 1170. The molecule has 1 N–H and O–H groups in total. The Morgan fingerprint density at radius 2 is 1.53 bits per heavy atom. The van der Waals surface area contributed by atoms with E-state index in [1.54, 1.807) is 24.5 Å². The number of aromatic nitrogens is 3. The first kappa shape index (κ1) is 20.5. The van der Waals surface area contributed by atoms with Gasteiger partial charge in [0.1, 0.15) is 0 Å². The van der Waals surface area contributed by atoms with E-state index in [-0.39, 0.29) is 29.5 Å². The van der Waals surface area contributed by atoms with E-state index in [0.29, 0.717) is 44.6 Å². The molecule has 8 heteroatoms. The van der Waals surface area contributed by atoms with Crippen molar-refractivity contribution in [2.75, 3.05) is 26.2 Å². The quantitative estimate of drug-likeness (QED) is 0.687. The van der Waals surface area contributed by atoms with Crippen LogP contribution in [0.4, 0.5) is 0 Å². The molecule has 8 nitrogen and oxygen atoms in total. The number of likely N-dealkylation sites (tertiary alicyclic amines) is 2. The van der Waals surface area contributed by atoms with Crippen LogP contribution in [-0.4, -0.2) is 62.3 Å². The van der Waals surface area contributed by atoms with Crippen LogP contribution in [0.25, 0.3) is 11.0 Å². The third kappa shape index (κ3) is 3.81. The third-order valence-electron chi connectivity index (χ3n) is 6.82. The van der Waals surface area contributed by atoms with Crippen LogP contribution in [0.3, 0.4) is 0 Å². The normalized spacial score (nSPS) is 18.2. The van der Waals surface area contributed by atoms with Gasteiger partial charge in [0, 0.05) is 56.1 Å². The number of hydrogen-bond acceptors (Lipinski definition) is 4. The number of piperidine rings is 2. The first-order valence-corrected chi connectivity index (χ1v) is 11.3. The molecule has 5 rings (SSSR count). The van der Waals surface area contributed by atoms with E-state index in [1.165, 1.54) is 0 Å². The van der Waals surface area contributed by atoms with Crippen molar-refractivity contribution in [3.05, 3.63) is 64.8 Å². The maximum Gasteiger partial charge on any atom is 0.326 e. The zero-order valence-electron chi connectivity index (χ0n) is 17.9. The summed E-state index contributed by atoms with van der Waals surface area (Å²) in [6, 6.07) is 11.3. The summed E-state index contributed by atoms with van der Waals surface area (Å²) < 4.78 is 1.85. The molecule has 0 spiro atoms. The molecule has 0 radical (unpaired) electrons. The molecular formula is C24H27N5O3. The Kier molecular flexibility index (Phi) is 5.51. The number of pyridine rings is 1. The second kappa shape index (κ2) is 8.61. The summed E-state index contributed by atoms with van der Waals surface area (Å²) in [6.45, 7) is 2.51. The van der Waals surface area contributed by atoms with Crippen LogP contribution in [0.5, 0.6) is 0 Å². The predicted molar refractivity (Wildman–Crippen MR) is 120 cm³/mol. The summed E-state index contributed by atoms with van der Waals surface area (Å²) in [4.78, 5) is 48.9. The lowest BCUT2D eigenvalue weighted by Crippen LogP contribution is -2.47. The smallest absolute Gasteiger partial charge is 0.326 e. The van der Waals surface area contributed by atoms with Crippen molar-refractivity contribution in [3.63, 3.8) is 0 Å². The van der Waals surface area contributed by atoms with E-state index in [4.69, 9.17) is 0 Å². The van der Waals surface area contributed by atoms with Crippen molar-refractivity contribution in [2.24, 2.45) is 5.92 Å². The van der Waals surface area contributed by atoms with E-state index in [0.717, 1.165) is 23.9 Å². The highest BCUT2D eigenvalue weighted by atomic mass is 16.2. The molecule has 1 aromatic carbocycles. The van der Waals surface area contributed by atoms with Gasteiger partial charge in [-0.05, 0) is 49.9 Å². The predicted octanol–water partition coefficient (Wildman–Crippen LogP) is 2.44. The summed E-state index contributed by atoms with van der Waals surface area (Å²) in [5, 5.41) is 0. The van der Waals surface area contributed by atoms with Gasteiger partial charge < -0.3 is 14.8 Å². The molecule has 2 fully saturated rings. The molecule has 0 aliphatic carbocycles. The molecule has 3 aromatic rings. The highest BCUT2D eigenvalue weighted by Crippen LogP contribution is 2.28. The Hall–Kier alpha value is -3.42. The zero-order valence-corrected chi connectivity index (χ0v) is 17.9. The van der Waals surface area contributed by atoms with Crippen LogP contribution in [-0.2, 0) is 4.79 Å². The number of benzene rings is 1. The maximum atomic E-state index is 13.1. The van der Waals surface area contributed by atoms with Gasteiger partial charge in [-0.1, -0.05) is 12.1 Å². The van der Waals surface area contributed by atoms with Gasteiger partial charge in [-0.3, -0.25) is 19.1 Å². The molecule has 4 heterocycles. The fourth-order valence-corrected chi connectivity index (χ4v) is 5.05. The number of carbonyl (C=O) groups excluding carboxylic acids is 2. The van der Waals surface area contributed by atoms with Gasteiger partial charge in [-0.15, -0.1) is 0 Å². The van der Waals surface area contributed by atoms with Crippen molar-refractivity contribution in [1.82, 2.24) is 24.3 Å². The van der Waals surface area contributed by atoms with Crippen molar-refractivity contribution in [2.45, 2.75) is 31.7 Å². The largest absolute Gasteiger partial charge is 0.342 e. The number of carbonyl (C=O) groups is 2. The average molecular weight is 434 g/mol. The van der Waals surface area contributed by atoms with Crippen molar-refractivity contribution < 1.29 is 9.59 Å². The molecule has 0 saturated carbocycles. The SMILES string of the molecule is O=C(c1ccncc1)N1CCC(C(=O)N2CCC(n3c(=O)[nH]c4ccccc43)CC2)CC1. The molecule has 2 amide bonds. The molecule has 0 bridgehead atoms. The van der Waals surface area contributed by atoms with Crippen molar-refractivity contribution in [1.29, 1.82) is 0 Å². The molecule has 2 saturated heterocycles. The third-order valence-corrected chi connectivity index (χ3v) is 6.82. The molecule has 2 aliphatic heterocycles. The minimum Gasteiger partial charge on any atom is -0.342 e. The molecule has 2 aliphatic rings. The average Bonchev–Trinajstić information content (AvgIpc) is 3.19. The van der Waals surface area contributed by atoms with Crippen LogP contribution >= 0.6 is 0 Å². The molecule has 32 heavy (non-hydrogen) atoms. The zero-order chi connectivity index (χ0) is 22.1. The first-order chi connectivity index (χ1) is 15.6. The molecule has 2 aromatic heterocycles. The fraction of sp³-hybridized carbons (Fsp3) is 0.417. The van der Waals surface area contributed by atoms with E-state index < -0.39 is 0 Å². The lowest BCUT2D eigenvalue weighted by molar-refractivity contribution is -0.138. The fourth-order valence-electron chi connectivity index (χ4n) is 5.05. The Morgan fingerprint density at radius 1 is 0.875 bits per heavy atom. The minimum atomic E-state index is -0.0813. The van der Waals surface area contributed by atoms with Crippen LogP contribution in [0.15, 0.2) is 53.6 Å². The minimum absolute atomic E-state index is 0.00304. The van der Waals surface area contributed by atoms with E-state index >= 15 is 0 Å². The van der Waals surface area contributed by atoms with Crippen LogP contribution in [0.2, 0.25) is 0 Å². The number of rotatable bonds is 3. The highest BCUT2D eigenvalue weighted by molar-refractivity contribution is 5.94. The van der Waals surface area contributed by atoms with Gasteiger partial charge in [0.15, 0.2) is 0 Å². The van der Waals surface area contributed by atoms with Gasteiger partial charge in [0.05, 0.1) is 11.0 Å². The number of aromatic amines is 1. The van der Waals surface area contributed by atoms with Gasteiger partial charge >= 0.3 is 5.69 Å². The standard InChI is InChI=1S/C24H27N5O3/c30-22(17-5-11-25-12-6-17)27-13-7-18(8-14-27)23(31)28-15-9-19(10-16-28)29-21-4-2-1-3-20(21)26-24(29)32/h1-6,11-12,18-19H,7-10,13-16H2,(H,26,32). The first-order valence-electron chi connectivity index (χ1n) is 11.3. The number of H-pyrrole nitrogens is 1. The lowest BCUT2D eigenvalue weighted by atomic mass is 9.93. The van der Waals surface area contributed by atoms with Crippen LogP contribution < -0.4 is 5.69 Å². The van der Waals surface area contributed by atoms with E-state index in [2.05, 4.69) is 9.97 Å². The number of fused-ring (bicyclic) bond motifs is 1. The molecule has 166 valence electrons. The molecule has 0 unspecified atom stereocenters. The number of nitrogens with one attached hydrogen (secondary N) is 1. The van der Waals surface area contributed by atoms with E-state index in [1.807, 2.05) is 38.6 Å². The summed E-state index contributed by atoms with van der Waals surface area (Å²) in [5.74, 6) is 0.151. The number of amides is 2. The van der Waals surface area contributed by atoms with Crippen LogP contribution in [0.1, 0.15) is 42.1 Å². The summed E-state index contributed by atoms with van der Waals surface area (Å²) in [6.07, 6.45) is 6.17. The molecule has 0 atom stereocenters. The molecular weight excluding hydrogens is 406 g/mol. The monoisotopic (exact) mass is 433 g/mol. The summed E-state index contributed by atoms with van der Waals surface area (Å²) >= 11 is 0. The maximum absolute atomic E-state index is 13.1. The highest BCUT2D eigenvalue weighted by Gasteiger charge is 2.33. The Morgan fingerprint density at radius 3 is 2.25 bits per heavy atom. The number of hydrogen-bond donors (Lipinski definition) is 1. The number of imidazole rings is 1.